The number of nitrogens with one attached hydrogen (secondary N) is 1. The quantitative estimate of drug-likeness (QED) is 0.725. The molecular formula is C18H29NO3. The number of ether oxygens (including phenoxy) is 2. The molecule has 2 atom stereocenters. The number of rotatable bonds is 8. The van der Waals surface area contributed by atoms with Gasteiger partial charge in [0, 0.05) is 12.6 Å². The summed E-state index contributed by atoms with van der Waals surface area (Å²) in [5, 5.41) is 13.2. The maximum Gasteiger partial charge on any atom is 0.122 e. The summed E-state index contributed by atoms with van der Waals surface area (Å²) in [6.07, 6.45) is 4.14. The molecule has 2 N–H and O–H groups in total. The van der Waals surface area contributed by atoms with Crippen LogP contribution in [0.3, 0.4) is 0 Å². The van der Waals surface area contributed by atoms with E-state index in [0.29, 0.717) is 19.8 Å². The summed E-state index contributed by atoms with van der Waals surface area (Å²) in [4.78, 5) is 0. The van der Waals surface area contributed by atoms with E-state index in [1.807, 2.05) is 12.1 Å². The first-order valence-corrected chi connectivity index (χ1v) is 8.36. The first-order valence-electron chi connectivity index (χ1n) is 8.36. The minimum absolute atomic E-state index is 0.193. The lowest BCUT2D eigenvalue weighted by Crippen LogP contribution is -2.43. The Hall–Kier alpha value is -1.10. The summed E-state index contributed by atoms with van der Waals surface area (Å²) in [5.41, 5.74) is 2.43. The second-order valence-electron chi connectivity index (χ2n) is 6.07. The summed E-state index contributed by atoms with van der Waals surface area (Å²) >= 11 is 0. The van der Waals surface area contributed by atoms with Gasteiger partial charge in [0.25, 0.3) is 0 Å². The highest BCUT2D eigenvalue weighted by atomic mass is 16.5. The van der Waals surface area contributed by atoms with Crippen LogP contribution in [0.5, 0.6) is 5.75 Å². The van der Waals surface area contributed by atoms with Crippen molar-refractivity contribution in [2.24, 2.45) is 0 Å². The minimum Gasteiger partial charge on any atom is -0.491 e. The van der Waals surface area contributed by atoms with Crippen molar-refractivity contribution < 1.29 is 14.6 Å². The van der Waals surface area contributed by atoms with Crippen LogP contribution in [0, 0.1) is 13.8 Å². The van der Waals surface area contributed by atoms with Crippen molar-refractivity contribution in [1.82, 2.24) is 5.32 Å². The van der Waals surface area contributed by atoms with Gasteiger partial charge in [-0.3, -0.25) is 0 Å². The Morgan fingerprint density at radius 3 is 2.77 bits per heavy atom. The van der Waals surface area contributed by atoms with Crippen molar-refractivity contribution >= 4 is 0 Å². The highest BCUT2D eigenvalue weighted by Gasteiger charge is 2.21. The van der Waals surface area contributed by atoms with E-state index in [-0.39, 0.29) is 12.1 Å². The van der Waals surface area contributed by atoms with Gasteiger partial charge in [-0.1, -0.05) is 25.0 Å². The van der Waals surface area contributed by atoms with Gasteiger partial charge in [-0.05, 0) is 43.9 Å². The Morgan fingerprint density at radius 2 is 1.95 bits per heavy atom. The Labute approximate surface area is 133 Å². The summed E-state index contributed by atoms with van der Waals surface area (Å²) in [5.74, 6) is 0.937. The molecule has 1 fully saturated rings. The predicted molar refractivity (Wildman–Crippen MR) is 88.5 cm³/mol. The van der Waals surface area contributed by atoms with Crippen molar-refractivity contribution in [2.75, 3.05) is 26.4 Å². The van der Waals surface area contributed by atoms with E-state index >= 15 is 0 Å². The van der Waals surface area contributed by atoms with Crippen molar-refractivity contribution in [2.45, 2.75) is 51.7 Å². The molecule has 0 radical (unpaired) electrons. The summed E-state index contributed by atoms with van der Waals surface area (Å²) in [7, 11) is 0. The zero-order valence-corrected chi connectivity index (χ0v) is 13.8. The van der Waals surface area contributed by atoms with Crippen LogP contribution in [-0.4, -0.2) is 43.6 Å². The topological polar surface area (TPSA) is 50.7 Å². The molecular weight excluding hydrogens is 278 g/mol. The summed E-state index contributed by atoms with van der Waals surface area (Å²) in [6, 6.07) is 6.33. The van der Waals surface area contributed by atoms with E-state index in [0.717, 1.165) is 31.6 Å². The number of aliphatic hydroxyl groups is 1. The molecule has 2 rings (SSSR count). The van der Waals surface area contributed by atoms with E-state index in [9.17, 15) is 5.11 Å². The maximum atomic E-state index is 9.86. The molecule has 0 heterocycles. The lowest BCUT2D eigenvalue weighted by molar-refractivity contribution is 0.0732. The summed E-state index contributed by atoms with van der Waals surface area (Å²) < 4.78 is 11.3. The molecule has 1 aliphatic rings. The molecule has 0 saturated heterocycles. The highest BCUT2D eigenvalue weighted by molar-refractivity contribution is 5.38. The molecule has 0 amide bonds. The normalized spacial score (nSPS) is 21.8. The molecule has 1 aliphatic carbocycles. The molecule has 4 nitrogen and oxygen atoms in total. The van der Waals surface area contributed by atoms with Gasteiger partial charge in [0.05, 0.1) is 19.3 Å². The van der Waals surface area contributed by atoms with Crippen molar-refractivity contribution in [3.8, 4) is 5.75 Å². The van der Waals surface area contributed by atoms with Gasteiger partial charge < -0.3 is 19.9 Å². The van der Waals surface area contributed by atoms with Gasteiger partial charge >= 0.3 is 0 Å². The third-order valence-electron chi connectivity index (χ3n) is 4.42. The van der Waals surface area contributed by atoms with Gasteiger partial charge in [-0.2, -0.15) is 0 Å². The van der Waals surface area contributed by atoms with Crippen LogP contribution < -0.4 is 10.1 Å². The van der Waals surface area contributed by atoms with Crippen molar-refractivity contribution in [3.05, 3.63) is 29.3 Å². The van der Waals surface area contributed by atoms with Gasteiger partial charge in [0.2, 0.25) is 0 Å². The van der Waals surface area contributed by atoms with Gasteiger partial charge in [0.15, 0.2) is 0 Å². The molecule has 124 valence electrons. The molecule has 0 aromatic heterocycles. The highest BCUT2D eigenvalue weighted by Crippen LogP contribution is 2.20. The molecule has 0 bridgehead atoms. The molecule has 0 spiro atoms. The molecule has 4 heteroatoms. The van der Waals surface area contributed by atoms with E-state index in [2.05, 4.69) is 25.2 Å². The number of aliphatic hydroxyl groups excluding tert-OH is 1. The predicted octanol–water partition coefficient (Wildman–Crippen LogP) is 2.59. The number of hydrogen-bond donors (Lipinski definition) is 2. The molecule has 1 aromatic rings. The Bertz CT molecular complexity index is 450. The van der Waals surface area contributed by atoms with E-state index in [4.69, 9.17) is 9.47 Å². The molecule has 0 aliphatic heterocycles. The fraction of sp³-hybridized carbons (Fsp3) is 0.667. The average Bonchev–Trinajstić information content (AvgIpc) is 2.52. The number of hydrogen-bond acceptors (Lipinski definition) is 4. The fourth-order valence-corrected chi connectivity index (χ4v) is 2.86. The Kier molecular flexibility index (Phi) is 7.16. The van der Waals surface area contributed by atoms with Gasteiger partial charge in [-0.25, -0.2) is 0 Å². The third-order valence-corrected chi connectivity index (χ3v) is 4.42. The average molecular weight is 307 g/mol. The van der Waals surface area contributed by atoms with Crippen LogP contribution in [0.4, 0.5) is 0 Å². The fourth-order valence-electron chi connectivity index (χ4n) is 2.86. The molecule has 1 saturated carbocycles. The zero-order valence-electron chi connectivity index (χ0n) is 13.8. The lowest BCUT2D eigenvalue weighted by atomic mass is 9.93. The van der Waals surface area contributed by atoms with E-state index in [1.165, 1.54) is 17.5 Å². The van der Waals surface area contributed by atoms with Gasteiger partial charge in [-0.15, -0.1) is 0 Å². The molecule has 0 unspecified atom stereocenters. The Morgan fingerprint density at radius 1 is 1.14 bits per heavy atom. The Balaban J connectivity index is 1.53. The van der Waals surface area contributed by atoms with Crippen LogP contribution >= 0.6 is 0 Å². The van der Waals surface area contributed by atoms with Crippen LogP contribution in [0.2, 0.25) is 0 Å². The number of aryl methyl sites for hydroxylation is 1. The third kappa shape index (κ3) is 5.27. The second-order valence-corrected chi connectivity index (χ2v) is 6.07. The second kappa shape index (κ2) is 9.13. The first kappa shape index (κ1) is 17.3. The first-order chi connectivity index (χ1) is 10.7. The van der Waals surface area contributed by atoms with Crippen molar-refractivity contribution in [3.63, 3.8) is 0 Å². The largest absolute Gasteiger partial charge is 0.491 e. The zero-order chi connectivity index (χ0) is 15.8. The standard InChI is InChI=1S/C18H29NO3/c1-14-6-5-9-18(15(14)2)22-13-12-21-11-10-19-16-7-3-4-8-17(16)20/h5-6,9,16-17,19-20H,3-4,7-8,10-13H2,1-2H3/t16-,17-/m0/s1. The SMILES string of the molecule is Cc1cccc(OCCOCCN[C@H]2CCCC[C@@H]2O)c1C. The van der Waals surface area contributed by atoms with E-state index in [1.54, 1.807) is 0 Å². The lowest BCUT2D eigenvalue weighted by Gasteiger charge is -2.28. The summed E-state index contributed by atoms with van der Waals surface area (Å²) in [6.45, 7) is 6.75. The van der Waals surface area contributed by atoms with Crippen molar-refractivity contribution in [1.29, 1.82) is 0 Å². The van der Waals surface area contributed by atoms with Gasteiger partial charge in [0.1, 0.15) is 12.4 Å². The van der Waals surface area contributed by atoms with Crippen LogP contribution in [0.15, 0.2) is 18.2 Å². The van der Waals surface area contributed by atoms with Crippen LogP contribution in [0.25, 0.3) is 0 Å². The molecule has 1 aromatic carbocycles. The monoisotopic (exact) mass is 307 g/mol. The van der Waals surface area contributed by atoms with Crippen LogP contribution in [-0.2, 0) is 4.74 Å². The minimum atomic E-state index is -0.193. The number of benzene rings is 1. The van der Waals surface area contributed by atoms with Crippen LogP contribution in [0.1, 0.15) is 36.8 Å². The smallest absolute Gasteiger partial charge is 0.122 e. The van der Waals surface area contributed by atoms with E-state index < -0.39 is 0 Å². The maximum absolute atomic E-state index is 9.86. The molecule has 22 heavy (non-hydrogen) atoms.